The van der Waals surface area contributed by atoms with Gasteiger partial charge in [0.15, 0.2) is 0 Å². The minimum atomic E-state index is -1.37. The SMILES string of the molecule is CCCCCCCCCCCCCC(=O)NC(C)(C)C(=O)N1C[C@@H](O)C[C@H]1C(=O)N[C@@H](CC(C)C)C(=O)N[C@@H](C)C(=O)N[C@@H](CCC(N)=O)C(=O)N[C@H](CO)CC(C)C. The van der Waals surface area contributed by atoms with Crippen molar-refractivity contribution in [2.45, 2.75) is 206 Å². The van der Waals surface area contributed by atoms with Gasteiger partial charge in [0.25, 0.3) is 0 Å². The van der Waals surface area contributed by atoms with Crippen molar-refractivity contribution >= 4 is 41.4 Å². The Morgan fingerprint density at radius 1 is 0.712 bits per heavy atom. The van der Waals surface area contributed by atoms with Gasteiger partial charge in [-0.05, 0) is 58.3 Å². The highest BCUT2D eigenvalue weighted by Crippen LogP contribution is 2.23. The first kappa shape index (κ1) is 53.2. The Morgan fingerprint density at radius 3 is 1.78 bits per heavy atom. The molecule has 1 rings (SSSR count). The molecule has 340 valence electrons. The van der Waals surface area contributed by atoms with Gasteiger partial charge in [-0.3, -0.25) is 33.6 Å². The van der Waals surface area contributed by atoms with E-state index >= 15 is 0 Å². The molecule has 0 unspecified atom stereocenters. The van der Waals surface area contributed by atoms with Gasteiger partial charge in [-0.1, -0.05) is 98.8 Å². The van der Waals surface area contributed by atoms with Gasteiger partial charge < -0.3 is 47.4 Å². The van der Waals surface area contributed by atoms with Gasteiger partial charge in [-0.25, -0.2) is 0 Å². The van der Waals surface area contributed by atoms with E-state index in [9.17, 15) is 43.8 Å². The maximum Gasteiger partial charge on any atom is 0.248 e. The first-order chi connectivity index (χ1) is 27.7. The first-order valence-corrected chi connectivity index (χ1v) is 22.1. The molecule has 16 heteroatoms. The second-order valence-corrected chi connectivity index (χ2v) is 17.8. The third kappa shape index (κ3) is 21.3. The van der Waals surface area contributed by atoms with E-state index in [1.807, 2.05) is 27.7 Å². The van der Waals surface area contributed by atoms with Crippen LogP contribution in [0.25, 0.3) is 0 Å². The predicted octanol–water partition coefficient (Wildman–Crippen LogP) is 2.85. The van der Waals surface area contributed by atoms with Gasteiger partial charge >= 0.3 is 0 Å². The van der Waals surface area contributed by atoms with Gasteiger partial charge in [0.05, 0.1) is 18.8 Å². The standard InChI is InChI=1S/C43H79N7O9/c1-9-10-11-12-13-14-15-16-17-18-19-20-37(54)49-43(7,8)42(59)50-26-32(52)25-35(50)41(58)48-34(24-29(4)5)40(57)45-30(6)38(55)47-33(21-22-36(44)53)39(56)46-31(27-51)23-28(2)3/h28-35,51-52H,9-27H2,1-8H3,(H2,44,53)(H,45,57)(H,46,56)(H,47,55)(H,48,58)(H,49,54)/t30-,31-,32-,33-,34-,35-/m0/s1. The molecule has 7 amide bonds. The van der Waals surface area contributed by atoms with Crippen LogP contribution in [0.3, 0.4) is 0 Å². The summed E-state index contributed by atoms with van der Waals surface area (Å²) in [5.74, 6) is -4.11. The van der Waals surface area contributed by atoms with E-state index in [4.69, 9.17) is 5.73 Å². The Morgan fingerprint density at radius 2 is 1.25 bits per heavy atom. The van der Waals surface area contributed by atoms with Crippen LogP contribution in [-0.4, -0.2) is 111 Å². The number of amides is 7. The summed E-state index contributed by atoms with van der Waals surface area (Å²) in [4.78, 5) is 93.2. The minimum Gasteiger partial charge on any atom is -0.394 e. The smallest absolute Gasteiger partial charge is 0.248 e. The van der Waals surface area contributed by atoms with Gasteiger partial charge in [-0.2, -0.15) is 0 Å². The van der Waals surface area contributed by atoms with E-state index in [1.54, 1.807) is 13.8 Å². The van der Waals surface area contributed by atoms with Crippen molar-refractivity contribution in [3.8, 4) is 0 Å². The Balaban J connectivity index is 2.88. The molecule has 59 heavy (non-hydrogen) atoms. The molecule has 1 aliphatic rings. The summed E-state index contributed by atoms with van der Waals surface area (Å²) in [5, 5.41) is 33.7. The van der Waals surface area contributed by atoms with Crippen LogP contribution in [0.5, 0.6) is 0 Å². The van der Waals surface area contributed by atoms with Crippen molar-refractivity contribution in [2.24, 2.45) is 17.6 Å². The van der Waals surface area contributed by atoms with Crippen LogP contribution in [0.15, 0.2) is 0 Å². The van der Waals surface area contributed by atoms with Gasteiger partial charge in [0, 0.05) is 25.8 Å². The minimum absolute atomic E-state index is 0.0712. The molecule has 0 aromatic carbocycles. The lowest BCUT2D eigenvalue weighted by atomic mass is 10.0. The molecule has 6 atom stereocenters. The van der Waals surface area contributed by atoms with Crippen LogP contribution in [-0.2, 0) is 33.6 Å². The van der Waals surface area contributed by atoms with E-state index in [2.05, 4.69) is 33.5 Å². The number of nitrogens with two attached hydrogens (primary N) is 1. The number of β-amino-alcohol motifs (C(OH)–C–C–N with tert-alkyl or cyclic N) is 1. The highest BCUT2D eigenvalue weighted by atomic mass is 16.3. The van der Waals surface area contributed by atoms with Crippen LogP contribution in [0.2, 0.25) is 0 Å². The van der Waals surface area contributed by atoms with Crippen molar-refractivity contribution in [1.29, 1.82) is 0 Å². The predicted molar refractivity (Wildman–Crippen MR) is 227 cm³/mol. The van der Waals surface area contributed by atoms with E-state index in [-0.39, 0.29) is 63.0 Å². The highest BCUT2D eigenvalue weighted by Gasteiger charge is 2.45. The number of nitrogens with one attached hydrogen (secondary N) is 5. The number of hydrogen-bond donors (Lipinski definition) is 8. The van der Waals surface area contributed by atoms with Crippen LogP contribution in [0.4, 0.5) is 0 Å². The van der Waals surface area contributed by atoms with Crippen LogP contribution in [0.1, 0.15) is 165 Å². The molecule has 0 radical (unpaired) electrons. The molecular formula is C43H79N7O9. The Hall–Kier alpha value is -3.79. The van der Waals surface area contributed by atoms with Gasteiger partial charge in [0.1, 0.15) is 29.7 Å². The zero-order valence-electron chi connectivity index (χ0n) is 37.3. The van der Waals surface area contributed by atoms with Gasteiger partial charge in [0.2, 0.25) is 41.4 Å². The monoisotopic (exact) mass is 838 g/mol. The molecule has 9 N–H and O–H groups in total. The van der Waals surface area contributed by atoms with E-state index < -0.39 is 77.3 Å². The number of aliphatic hydroxyl groups excluding tert-OH is 2. The van der Waals surface area contributed by atoms with Gasteiger partial charge in [-0.15, -0.1) is 0 Å². The number of rotatable bonds is 30. The fraction of sp³-hybridized carbons (Fsp3) is 0.837. The summed E-state index contributed by atoms with van der Waals surface area (Å²) in [6, 6.07) is -5.18. The normalized spacial score (nSPS) is 17.5. The lowest BCUT2D eigenvalue weighted by molar-refractivity contribution is -0.145. The maximum absolute atomic E-state index is 13.8. The number of carbonyl (C=O) groups excluding carboxylic acids is 7. The summed E-state index contributed by atoms with van der Waals surface area (Å²) in [6.45, 7) is 13.8. The van der Waals surface area contributed by atoms with E-state index in [0.717, 1.165) is 19.3 Å². The molecule has 0 saturated carbocycles. The second-order valence-electron chi connectivity index (χ2n) is 17.8. The van der Waals surface area contributed by atoms with E-state index in [0.29, 0.717) is 12.8 Å². The molecule has 1 saturated heterocycles. The number of likely N-dealkylation sites (tertiary alicyclic amines) is 1. The summed E-state index contributed by atoms with van der Waals surface area (Å²) in [5.41, 5.74) is 3.93. The number of nitrogens with zero attached hydrogens (tertiary/aromatic N) is 1. The third-order valence-corrected chi connectivity index (χ3v) is 10.6. The highest BCUT2D eigenvalue weighted by molar-refractivity contribution is 5.97. The lowest BCUT2D eigenvalue weighted by Gasteiger charge is -2.33. The Kier molecular flexibility index (Phi) is 25.1. The number of carbonyl (C=O) groups is 7. The lowest BCUT2D eigenvalue weighted by Crippen LogP contribution is -2.60. The molecule has 1 fully saturated rings. The summed E-state index contributed by atoms with van der Waals surface area (Å²) in [6.07, 6.45) is 12.2. The number of primary amides is 1. The molecule has 1 aliphatic heterocycles. The molecule has 0 aromatic heterocycles. The van der Waals surface area contributed by atoms with E-state index in [1.165, 1.54) is 56.8 Å². The van der Waals surface area contributed by atoms with Crippen LogP contribution in [0, 0.1) is 11.8 Å². The average Bonchev–Trinajstić information content (AvgIpc) is 3.54. The summed E-state index contributed by atoms with van der Waals surface area (Å²) >= 11 is 0. The van der Waals surface area contributed by atoms with Crippen LogP contribution >= 0.6 is 0 Å². The topological polar surface area (TPSA) is 249 Å². The third-order valence-electron chi connectivity index (χ3n) is 10.6. The zero-order valence-corrected chi connectivity index (χ0v) is 37.3. The Bertz CT molecular complexity index is 1340. The number of hydrogen-bond acceptors (Lipinski definition) is 9. The van der Waals surface area contributed by atoms with Crippen LogP contribution < -0.4 is 32.3 Å². The quantitative estimate of drug-likeness (QED) is 0.0495. The van der Waals surface area contributed by atoms with Crippen molar-refractivity contribution < 1.29 is 43.8 Å². The average molecular weight is 838 g/mol. The first-order valence-electron chi connectivity index (χ1n) is 22.1. The Labute approximate surface area is 353 Å². The molecule has 0 aliphatic carbocycles. The maximum atomic E-state index is 13.8. The number of unbranched alkanes of at least 4 members (excludes halogenated alkanes) is 10. The zero-order chi connectivity index (χ0) is 44.7. The molecular weight excluding hydrogens is 759 g/mol. The molecule has 16 nitrogen and oxygen atoms in total. The summed E-state index contributed by atoms with van der Waals surface area (Å²) in [7, 11) is 0. The van der Waals surface area contributed by atoms with Crippen molar-refractivity contribution in [1.82, 2.24) is 31.5 Å². The fourth-order valence-corrected chi connectivity index (χ4v) is 7.31. The molecule has 0 spiro atoms. The van der Waals surface area contributed by atoms with Crippen molar-refractivity contribution in [2.75, 3.05) is 13.2 Å². The number of aliphatic hydroxyl groups is 2. The van der Waals surface area contributed by atoms with Crippen molar-refractivity contribution in [3.05, 3.63) is 0 Å². The molecule has 1 heterocycles. The van der Waals surface area contributed by atoms with Crippen molar-refractivity contribution in [3.63, 3.8) is 0 Å². The molecule has 0 aromatic rings. The summed E-state index contributed by atoms with van der Waals surface area (Å²) < 4.78 is 0. The largest absolute Gasteiger partial charge is 0.394 e. The molecule has 0 bridgehead atoms. The second kappa shape index (κ2) is 27.9. The fourth-order valence-electron chi connectivity index (χ4n) is 7.31.